The van der Waals surface area contributed by atoms with Gasteiger partial charge in [-0.3, -0.25) is 0 Å². The minimum Gasteiger partial charge on any atom is -0.611 e. The van der Waals surface area contributed by atoms with Crippen molar-refractivity contribution in [1.29, 1.82) is 0 Å². The number of benzene rings is 2. The van der Waals surface area contributed by atoms with Crippen LogP contribution in [0.1, 0.15) is 130 Å². The molecule has 0 saturated heterocycles. The Kier molecular flexibility index (Phi) is 9.43. The molecule has 0 bridgehead atoms. The zero-order chi connectivity index (χ0) is 28.7. The van der Waals surface area contributed by atoms with E-state index in [0.29, 0.717) is 5.92 Å². The molecular weight excluding hydrogens is 467 g/mol. The minimum atomic E-state index is -2.18. The van der Waals surface area contributed by atoms with Crippen LogP contribution in [0.15, 0.2) is 24.3 Å². The van der Waals surface area contributed by atoms with Gasteiger partial charge in [0.05, 0.1) is 11.5 Å². The zero-order valence-corrected chi connectivity index (χ0v) is 28.1. The first-order valence-corrected chi connectivity index (χ1v) is 15.9. The standard InChI is InChI=1S/2C15H24O.C4H9.Al/c2*1-10-8-11(14(2,3)4)13(16)12(9-10)15(5,6)7;1-4(2)3;/h2*8-9,16H,1-7H3;4H,1H2,2-3H3;/q;;;+2/p-2. The summed E-state index contributed by atoms with van der Waals surface area (Å²) in [5.74, 6) is 2.58. The lowest BCUT2D eigenvalue weighted by atomic mass is 9.78. The van der Waals surface area contributed by atoms with Crippen LogP contribution >= 0.6 is 0 Å². The highest BCUT2D eigenvalue weighted by Crippen LogP contribution is 2.44. The van der Waals surface area contributed by atoms with Crippen LogP contribution in [-0.2, 0) is 21.7 Å². The number of aryl methyl sites for hydroxylation is 2. The summed E-state index contributed by atoms with van der Waals surface area (Å²) in [6.45, 7) is 36.4. The SMILES string of the molecule is Cc1cc(C(C)(C)C)c([O][Al]([CH2]C(C)C)[O]c2c(C(C)(C)C)cc(C)cc2C(C)(C)C)c(C(C)(C)C)c1. The number of rotatable bonds is 6. The summed E-state index contributed by atoms with van der Waals surface area (Å²) in [7, 11) is 0. The van der Waals surface area contributed by atoms with Crippen LogP contribution in [0.25, 0.3) is 0 Å². The lowest BCUT2D eigenvalue weighted by molar-refractivity contribution is 0.378. The van der Waals surface area contributed by atoms with Crippen molar-refractivity contribution < 1.29 is 7.58 Å². The largest absolute Gasteiger partial charge is 0.857 e. The Morgan fingerprint density at radius 1 is 0.541 bits per heavy atom. The molecule has 2 rings (SSSR count). The fraction of sp³-hybridized carbons (Fsp3) is 0.647. The van der Waals surface area contributed by atoms with Crippen molar-refractivity contribution in [2.45, 2.75) is 138 Å². The first-order valence-electron chi connectivity index (χ1n) is 14.2. The molecule has 0 N–H and O–H groups in total. The summed E-state index contributed by atoms with van der Waals surface area (Å²) in [4.78, 5) is 0. The molecule has 0 atom stereocenters. The average Bonchev–Trinajstić information content (AvgIpc) is 2.66. The van der Waals surface area contributed by atoms with Crippen molar-refractivity contribution in [1.82, 2.24) is 0 Å². The van der Waals surface area contributed by atoms with E-state index in [1.54, 1.807) is 0 Å². The summed E-state index contributed by atoms with van der Waals surface area (Å²) in [5.41, 5.74) is 7.55. The molecule has 0 unspecified atom stereocenters. The van der Waals surface area contributed by atoms with Gasteiger partial charge in [0.25, 0.3) is 0 Å². The summed E-state index contributed by atoms with van der Waals surface area (Å²) < 4.78 is 14.4. The molecule has 0 fully saturated rings. The van der Waals surface area contributed by atoms with Crippen LogP contribution in [0.3, 0.4) is 0 Å². The summed E-state index contributed by atoms with van der Waals surface area (Å²) in [5, 5.41) is 0.947. The quantitative estimate of drug-likeness (QED) is 0.351. The van der Waals surface area contributed by atoms with Gasteiger partial charge in [0.1, 0.15) is 0 Å². The Morgan fingerprint density at radius 3 is 0.973 bits per heavy atom. The second-order valence-corrected chi connectivity index (χ2v) is 17.5. The van der Waals surface area contributed by atoms with Gasteiger partial charge in [-0.25, -0.2) is 0 Å². The smallest absolute Gasteiger partial charge is 0.611 e. The zero-order valence-electron chi connectivity index (χ0n) is 27.0. The van der Waals surface area contributed by atoms with Gasteiger partial charge in [-0.05, 0) is 63.0 Å². The molecule has 0 aliphatic carbocycles. The molecule has 2 aromatic carbocycles. The molecule has 0 aliphatic rings. The number of hydrogen-bond donors (Lipinski definition) is 0. The molecule has 0 spiro atoms. The fourth-order valence-electron chi connectivity index (χ4n) is 4.80. The number of hydrogen-bond acceptors (Lipinski definition) is 2. The van der Waals surface area contributed by atoms with Gasteiger partial charge in [0, 0.05) is 0 Å². The summed E-state index contributed by atoms with van der Waals surface area (Å²) in [6.07, 6.45) is 0. The second-order valence-electron chi connectivity index (χ2n) is 15.7. The third kappa shape index (κ3) is 8.28. The monoisotopic (exact) mass is 522 g/mol. The maximum Gasteiger partial charge on any atom is 0.857 e. The third-order valence-electron chi connectivity index (χ3n) is 6.86. The highest BCUT2D eigenvalue weighted by molar-refractivity contribution is 6.46. The van der Waals surface area contributed by atoms with E-state index in [0.717, 1.165) is 16.8 Å². The van der Waals surface area contributed by atoms with Crippen molar-refractivity contribution in [3.63, 3.8) is 0 Å². The maximum absolute atomic E-state index is 7.18. The fourth-order valence-corrected chi connectivity index (χ4v) is 6.84. The van der Waals surface area contributed by atoms with Crippen molar-refractivity contribution in [3.8, 4) is 11.5 Å². The van der Waals surface area contributed by atoms with E-state index in [1.165, 1.54) is 33.4 Å². The topological polar surface area (TPSA) is 18.5 Å². The van der Waals surface area contributed by atoms with Crippen LogP contribution in [0, 0.1) is 19.8 Å². The van der Waals surface area contributed by atoms with Crippen LogP contribution < -0.4 is 7.58 Å². The summed E-state index contributed by atoms with van der Waals surface area (Å²) in [6, 6.07) is 9.27. The predicted octanol–water partition coefficient (Wildman–Crippen LogP) is 10.1. The van der Waals surface area contributed by atoms with E-state index in [1.807, 2.05) is 0 Å². The maximum atomic E-state index is 7.18. The lowest BCUT2D eigenvalue weighted by Crippen LogP contribution is -2.35. The average molecular weight is 523 g/mol. The van der Waals surface area contributed by atoms with Gasteiger partial charge in [0.2, 0.25) is 0 Å². The Balaban J connectivity index is 2.80. The van der Waals surface area contributed by atoms with Crippen molar-refractivity contribution >= 4 is 14.8 Å². The van der Waals surface area contributed by atoms with Gasteiger partial charge in [-0.15, -0.1) is 0 Å². The highest BCUT2D eigenvalue weighted by atomic mass is 27.2. The Labute approximate surface area is 234 Å². The molecule has 0 saturated carbocycles. The molecule has 0 heterocycles. The van der Waals surface area contributed by atoms with Crippen LogP contribution in [-0.4, -0.2) is 14.8 Å². The van der Waals surface area contributed by atoms with Crippen LogP contribution in [0.2, 0.25) is 5.28 Å². The third-order valence-corrected chi connectivity index (χ3v) is 9.19. The molecule has 0 amide bonds. The van der Waals surface area contributed by atoms with Crippen molar-refractivity contribution in [2.24, 2.45) is 5.92 Å². The molecule has 2 aromatic rings. The first-order chi connectivity index (χ1) is 16.5. The van der Waals surface area contributed by atoms with Crippen LogP contribution in [0.5, 0.6) is 11.5 Å². The molecule has 0 aliphatic heterocycles. The Morgan fingerprint density at radius 2 is 0.784 bits per heavy atom. The molecule has 37 heavy (non-hydrogen) atoms. The van der Waals surface area contributed by atoms with E-state index >= 15 is 0 Å². The van der Waals surface area contributed by atoms with Crippen LogP contribution in [0.4, 0.5) is 0 Å². The van der Waals surface area contributed by atoms with E-state index in [4.69, 9.17) is 7.58 Å². The summed E-state index contributed by atoms with van der Waals surface area (Å²) >= 11 is -2.18. The molecule has 206 valence electrons. The normalized spacial score (nSPS) is 13.2. The molecule has 0 radical (unpaired) electrons. The van der Waals surface area contributed by atoms with Gasteiger partial charge >= 0.3 is 14.8 Å². The van der Waals surface area contributed by atoms with E-state index < -0.39 is 14.8 Å². The van der Waals surface area contributed by atoms with Gasteiger partial charge in [0.15, 0.2) is 0 Å². The van der Waals surface area contributed by atoms with Gasteiger partial charge in [-0.2, -0.15) is 0 Å². The van der Waals surface area contributed by atoms with E-state index in [-0.39, 0.29) is 21.7 Å². The molecule has 3 heteroatoms. The molecule has 0 aromatic heterocycles. The molecule has 2 nitrogen and oxygen atoms in total. The molecular formula is C34H55AlO2. The van der Waals surface area contributed by atoms with E-state index in [9.17, 15) is 0 Å². The second kappa shape index (κ2) is 11.0. The van der Waals surface area contributed by atoms with Crippen molar-refractivity contribution in [3.05, 3.63) is 57.6 Å². The Bertz CT molecular complexity index is 929. The lowest BCUT2D eigenvalue weighted by Gasteiger charge is -2.35. The van der Waals surface area contributed by atoms with Gasteiger partial charge in [-0.1, -0.05) is 138 Å². The van der Waals surface area contributed by atoms with Crippen molar-refractivity contribution in [2.75, 3.05) is 0 Å². The minimum absolute atomic E-state index is 0.0326. The highest BCUT2D eigenvalue weighted by Gasteiger charge is 2.40. The van der Waals surface area contributed by atoms with Gasteiger partial charge < -0.3 is 7.58 Å². The Hall–Kier alpha value is -1.43. The van der Waals surface area contributed by atoms with E-state index in [2.05, 4.69) is 135 Å². The predicted molar refractivity (Wildman–Crippen MR) is 164 cm³/mol. The first kappa shape index (κ1) is 31.8.